The maximum atomic E-state index is 10.6. The normalized spacial score (nSPS) is 9.83. The number of ether oxygens (including phenoxy) is 2. The highest BCUT2D eigenvalue weighted by Crippen LogP contribution is 1.83. The highest BCUT2D eigenvalue weighted by Gasteiger charge is 1.97. The van der Waals surface area contributed by atoms with Crippen molar-refractivity contribution in [2.45, 2.75) is 6.92 Å². The van der Waals surface area contributed by atoms with Crippen molar-refractivity contribution in [3.05, 3.63) is 12.2 Å². The molecule has 68 valence electrons. The summed E-state index contributed by atoms with van der Waals surface area (Å²) >= 11 is 0. The molecule has 12 heavy (non-hydrogen) atoms. The summed E-state index contributed by atoms with van der Waals surface area (Å²) < 4.78 is 8.57. The van der Waals surface area contributed by atoms with E-state index in [0.29, 0.717) is 0 Å². The third kappa shape index (κ3) is 5.43. The first kappa shape index (κ1) is 10.6. The van der Waals surface area contributed by atoms with Crippen molar-refractivity contribution in [2.75, 3.05) is 13.4 Å². The molecule has 5 nitrogen and oxygen atoms in total. The molecule has 0 aliphatic carbocycles. The van der Waals surface area contributed by atoms with E-state index in [4.69, 9.17) is 5.11 Å². The Hall–Kier alpha value is -1.36. The summed E-state index contributed by atoms with van der Waals surface area (Å²) in [5, 5.41) is 8.11. The molecular formula is C7H10O5. The van der Waals surface area contributed by atoms with Crippen molar-refractivity contribution in [1.29, 1.82) is 0 Å². The van der Waals surface area contributed by atoms with Crippen LogP contribution in [0.15, 0.2) is 12.2 Å². The van der Waals surface area contributed by atoms with Gasteiger partial charge in [-0.25, -0.2) is 9.59 Å². The van der Waals surface area contributed by atoms with E-state index in [1.54, 1.807) is 6.92 Å². The van der Waals surface area contributed by atoms with Gasteiger partial charge < -0.3 is 14.6 Å². The van der Waals surface area contributed by atoms with E-state index in [-0.39, 0.29) is 6.61 Å². The quantitative estimate of drug-likeness (QED) is 0.356. The number of esters is 2. The summed E-state index contributed by atoms with van der Waals surface area (Å²) in [5.74, 6) is -1.40. The molecule has 0 amide bonds. The first-order valence-electron chi connectivity index (χ1n) is 3.33. The van der Waals surface area contributed by atoms with Gasteiger partial charge in [-0.3, -0.25) is 0 Å². The Kier molecular flexibility index (Phi) is 5.64. The van der Waals surface area contributed by atoms with Crippen LogP contribution in [0.1, 0.15) is 6.92 Å². The first-order chi connectivity index (χ1) is 5.70. The molecule has 0 heterocycles. The fourth-order valence-electron chi connectivity index (χ4n) is 0.438. The van der Waals surface area contributed by atoms with Gasteiger partial charge in [0.2, 0.25) is 0 Å². The Morgan fingerprint density at radius 1 is 1.25 bits per heavy atom. The summed E-state index contributed by atoms with van der Waals surface area (Å²) in [6.07, 6.45) is 1.82. The van der Waals surface area contributed by atoms with Gasteiger partial charge in [-0.15, -0.1) is 0 Å². The third-order valence-corrected chi connectivity index (χ3v) is 0.849. The molecule has 0 atom stereocenters. The predicted octanol–water partition coefficient (Wildman–Crippen LogP) is -0.401. The topological polar surface area (TPSA) is 72.8 Å². The van der Waals surface area contributed by atoms with Crippen LogP contribution in [0.25, 0.3) is 0 Å². The number of aliphatic hydroxyl groups excluding tert-OH is 1. The maximum absolute atomic E-state index is 10.6. The Labute approximate surface area is 69.6 Å². The van der Waals surface area contributed by atoms with Crippen LogP contribution < -0.4 is 0 Å². The van der Waals surface area contributed by atoms with Crippen LogP contribution in [0.5, 0.6) is 0 Å². The van der Waals surface area contributed by atoms with Crippen LogP contribution in [-0.4, -0.2) is 30.4 Å². The fraction of sp³-hybridized carbons (Fsp3) is 0.429. The minimum atomic E-state index is -0.787. The van der Waals surface area contributed by atoms with Crippen molar-refractivity contribution >= 4 is 11.9 Å². The molecule has 0 aliphatic rings. The van der Waals surface area contributed by atoms with Gasteiger partial charge in [0.25, 0.3) is 0 Å². The van der Waals surface area contributed by atoms with E-state index in [9.17, 15) is 9.59 Å². The highest BCUT2D eigenvalue weighted by molar-refractivity contribution is 5.91. The van der Waals surface area contributed by atoms with Crippen LogP contribution >= 0.6 is 0 Å². The van der Waals surface area contributed by atoms with Gasteiger partial charge in [0.15, 0.2) is 6.79 Å². The summed E-state index contributed by atoms with van der Waals surface area (Å²) in [7, 11) is 0. The Morgan fingerprint density at radius 3 is 2.17 bits per heavy atom. The maximum Gasteiger partial charge on any atom is 0.333 e. The van der Waals surface area contributed by atoms with Crippen molar-refractivity contribution in [1.82, 2.24) is 0 Å². The molecule has 0 rings (SSSR count). The molecule has 0 aromatic carbocycles. The fourth-order valence-corrected chi connectivity index (χ4v) is 0.438. The number of rotatable bonds is 4. The number of hydrogen-bond donors (Lipinski definition) is 1. The smallest absolute Gasteiger partial charge is 0.333 e. The molecule has 0 aromatic heterocycles. The number of carbonyl (C=O) groups is 2. The van der Waals surface area contributed by atoms with Gasteiger partial charge in [-0.2, -0.15) is 0 Å². The van der Waals surface area contributed by atoms with Gasteiger partial charge >= 0.3 is 11.9 Å². The second kappa shape index (κ2) is 6.36. The first-order valence-corrected chi connectivity index (χ1v) is 3.33. The second-order valence-electron chi connectivity index (χ2n) is 1.68. The lowest BCUT2D eigenvalue weighted by Crippen LogP contribution is -2.04. The molecule has 5 heteroatoms. The van der Waals surface area contributed by atoms with Crippen LogP contribution in [0.3, 0.4) is 0 Å². The minimum Gasteiger partial charge on any atom is -0.463 e. The third-order valence-electron chi connectivity index (χ3n) is 0.849. The van der Waals surface area contributed by atoms with E-state index in [2.05, 4.69) is 9.47 Å². The largest absolute Gasteiger partial charge is 0.463 e. The molecule has 0 fully saturated rings. The van der Waals surface area contributed by atoms with E-state index in [1.807, 2.05) is 0 Å². The standard InChI is InChI=1S/C7H10O5/c1-2-11-6(9)3-4-7(10)12-5-8/h3-4,8H,2,5H2,1H3/b4-3-. The van der Waals surface area contributed by atoms with Gasteiger partial charge in [-0.1, -0.05) is 0 Å². The predicted molar refractivity (Wildman–Crippen MR) is 39.0 cm³/mol. The average Bonchev–Trinajstić information content (AvgIpc) is 2.02. The zero-order chi connectivity index (χ0) is 9.40. The number of aliphatic hydroxyl groups is 1. The van der Waals surface area contributed by atoms with Crippen LogP contribution in [0.4, 0.5) is 0 Å². The molecule has 0 bridgehead atoms. The summed E-state index contributed by atoms with van der Waals surface area (Å²) in [4.78, 5) is 21.0. The van der Waals surface area contributed by atoms with Gasteiger partial charge in [0.05, 0.1) is 6.61 Å². The van der Waals surface area contributed by atoms with Gasteiger partial charge in [0, 0.05) is 12.2 Å². The van der Waals surface area contributed by atoms with Crippen molar-refractivity contribution < 1.29 is 24.2 Å². The molecule has 0 unspecified atom stereocenters. The molecular weight excluding hydrogens is 164 g/mol. The second-order valence-corrected chi connectivity index (χ2v) is 1.68. The van der Waals surface area contributed by atoms with E-state index in [1.165, 1.54) is 0 Å². The van der Waals surface area contributed by atoms with Crippen LogP contribution in [0, 0.1) is 0 Å². The SMILES string of the molecule is CCOC(=O)/C=C\C(=O)OCO. The molecule has 0 aromatic rings. The zero-order valence-corrected chi connectivity index (χ0v) is 6.65. The Balaban J connectivity index is 3.73. The summed E-state index contributed by atoms with van der Waals surface area (Å²) in [6.45, 7) is 1.20. The van der Waals surface area contributed by atoms with Gasteiger partial charge in [0.1, 0.15) is 0 Å². The van der Waals surface area contributed by atoms with Crippen molar-refractivity contribution in [3.63, 3.8) is 0 Å². The van der Waals surface area contributed by atoms with Crippen LogP contribution in [-0.2, 0) is 19.1 Å². The molecule has 0 saturated carbocycles. The Bertz CT molecular complexity index is 164. The monoisotopic (exact) mass is 174 g/mol. The number of hydrogen-bond acceptors (Lipinski definition) is 5. The minimum absolute atomic E-state index is 0.248. The van der Waals surface area contributed by atoms with E-state index < -0.39 is 18.7 Å². The zero-order valence-electron chi connectivity index (χ0n) is 6.65. The average molecular weight is 174 g/mol. The highest BCUT2D eigenvalue weighted by atomic mass is 16.6. The molecule has 1 N–H and O–H groups in total. The lowest BCUT2D eigenvalue weighted by Gasteiger charge is -1.95. The summed E-state index contributed by atoms with van der Waals surface area (Å²) in [6, 6.07) is 0. The van der Waals surface area contributed by atoms with Crippen LogP contribution in [0.2, 0.25) is 0 Å². The molecule has 0 saturated heterocycles. The molecule has 0 spiro atoms. The van der Waals surface area contributed by atoms with Crippen molar-refractivity contribution in [3.8, 4) is 0 Å². The Morgan fingerprint density at radius 2 is 1.75 bits per heavy atom. The molecule has 0 aliphatic heterocycles. The molecule has 0 radical (unpaired) electrons. The van der Waals surface area contributed by atoms with Gasteiger partial charge in [-0.05, 0) is 6.92 Å². The summed E-state index contributed by atoms with van der Waals surface area (Å²) in [5.41, 5.74) is 0. The van der Waals surface area contributed by atoms with Crippen molar-refractivity contribution in [2.24, 2.45) is 0 Å². The lowest BCUT2D eigenvalue weighted by atomic mass is 10.5. The van der Waals surface area contributed by atoms with E-state index >= 15 is 0 Å². The lowest BCUT2D eigenvalue weighted by molar-refractivity contribution is -0.146. The number of carbonyl (C=O) groups excluding carboxylic acids is 2. The van der Waals surface area contributed by atoms with E-state index in [0.717, 1.165) is 12.2 Å².